The van der Waals surface area contributed by atoms with Crippen molar-refractivity contribution in [3.05, 3.63) is 63.6 Å². The predicted octanol–water partition coefficient (Wildman–Crippen LogP) is 3.86. The van der Waals surface area contributed by atoms with Gasteiger partial charge in [-0.15, -0.1) is 0 Å². The lowest BCUT2D eigenvalue weighted by Gasteiger charge is -2.08. The summed E-state index contributed by atoms with van der Waals surface area (Å²) < 4.78 is 10.9. The van der Waals surface area contributed by atoms with Crippen LogP contribution in [0.4, 0.5) is 5.69 Å². The number of amides is 1. The van der Waals surface area contributed by atoms with E-state index in [1.54, 1.807) is 49.6 Å². The fourth-order valence-electron chi connectivity index (χ4n) is 2.13. The summed E-state index contributed by atoms with van der Waals surface area (Å²) in [5, 5.41) is 11.8. The van der Waals surface area contributed by atoms with Gasteiger partial charge >= 0.3 is 5.97 Å². The van der Waals surface area contributed by atoms with Crippen molar-refractivity contribution >= 4 is 39.6 Å². The lowest BCUT2D eigenvalue weighted by molar-refractivity contribution is -0.142. The molecule has 2 aromatic carbocycles. The first kappa shape index (κ1) is 20.2. The van der Waals surface area contributed by atoms with Gasteiger partial charge in [0.15, 0.2) is 6.61 Å². The SMILES string of the molecule is COc1ccc(C=C(C#N)C(=O)OCC(=O)Nc2ccc(Br)c(C)c2)cc1. The van der Waals surface area contributed by atoms with Crippen LogP contribution in [0.2, 0.25) is 0 Å². The van der Waals surface area contributed by atoms with E-state index in [1.165, 1.54) is 6.08 Å². The molecule has 0 bridgehead atoms. The highest BCUT2D eigenvalue weighted by molar-refractivity contribution is 9.10. The Morgan fingerprint density at radius 1 is 1.22 bits per heavy atom. The molecule has 0 unspecified atom stereocenters. The van der Waals surface area contributed by atoms with Gasteiger partial charge < -0.3 is 14.8 Å². The van der Waals surface area contributed by atoms with Crippen LogP contribution in [0.15, 0.2) is 52.5 Å². The zero-order valence-corrected chi connectivity index (χ0v) is 16.4. The number of rotatable bonds is 6. The number of halogens is 1. The Hall–Kier alpha value is -3.11. The van der Waals surface area contributed by atoms with Crippen LogP contribution >= 0.6 is 15.9 Å². The topological polar surface area (TPSA) is 88.4 Å². The number of anilines is 1. The summed E-state index contributed by atoms with van der Waals surface area (Å²) in [7, 11) is 1.55. The highest BCUT2D eigenvalue weighted by atomic mass is 79.9. The second kappa shape index (κ2) is 9.55. The van der Waals surface area contributed by atoms with Crippen molar-refractivity contribution in [1.29, 1.82) is 5.26 Å². The maximum Gasteiger partial charge on any atom is 0.349 e. The number of ether oxygens (including phenoxy) is 2. The van der Waals surface area contributed by atoms with Gasteiger partial charge in [0.1, 0.15) is 17.4 Å². The van der Waals surface area contributed by atoms with Gasteiger partial charge in [0, 0.05) is 10.2 Å². The van der Waals surface area contributed by atoms with Crippen molar-refractivity contribution in [3.8, 4) is 11.8 Å². The Balaban J connectivity index is 1.95. The number of methoxy groups -OCH3 is 1. The number of aryl methyl sites for hydroxylation is 1. The summed E-state index contributed by atoms with van der Waals surface area (Å²) in [5.74, 6) is -0.699. The van der Waals surface area contributed by atoms with Crippen LogP contribution in [-0.4, -0.2) is 25.6 Å². The standard InChI is InChI=1S/C20H17BrN2O4/c1-13-9-16(5-8-18(13)21)23-19(24)12-27-20(25)15(11-22)10-14-3-6-17(26-2)7-4-14/h3-10H,12H2,1-2H3,(H,23,24). The first-order chi connectivity index (χ1) is 12.9. The summed E-state index contributed by atoms with van der Waals surface area (Å²) in [5.41, 5.74) is 1.98. The second-order valence-corrected chi connectivity index (χ2v) is 6.39. The molecule has 1 amide bonds. The quantitative estimate of drug-likeness (QED) is 0.428. The normalized spacial score (nSPS) is 10.7. The first-order valence-electron chi connectivity index (χ1n) is 7.92. The van der Waals surface area contributed by atoms with Crippen LogP contribution in [0.5, 0.6) is 5.75 Å². The monoisotopic (exact) mass is 428 g/mol. The van der Waals surface area contributed by atoms with Crippen LogP contribution in [0.3, 0.4) is 0 Å². The summed E-state index contributed by atoms with van der Waals surface area (Å²) >= 11 is 3.38. The van der Waals surface area contributed by atoms with Crippen molar-refractivity contribution in [2.24, 2.45) is 0 Å². The zero-order chi connectivity index (χ0) is 19.8. The fraction of sp³-hybridized carbons (Fsp3) is 0.150. The molecule has 0 aliphatic rings. The summed E-state index contributed by atoms with van der Waals surface area (Å²) in [6.07, 6.45) is 1.39. The van der Waals surface area contributed by atoms with E-state index < -0.39 is 18.5 Å². The third-order valence-electron chi connectivity index (χ3n) is 3.54. The van der Waals surface area contributed by atoms with Crippen molar-refractivity contribution in [1.82, 2.24) is 0 Å². The molecular weight excluding hydrogens is 412 g/mol. The van der Waals surface area contributed by atoms with Crippen molar-refractivity contribution in [3.63, 3.8) is 0 Å². The zero-order valence-electron chi connectivity index (χ0n) is 14.8. The fourth-order valence-corrected chi connectivity index (χ4v) is 2.38. The van der Waals surface area contributed by atoms with Crippen molar-refractivity contribution in [2.75, 3.05) is 19.0 Å². The van der Waals surface area contributed by atoms with E-state index in [4.69, 9.17) is 14.7 Å². The number of esters is 1. The van der Waals surface area contributed by atoms with Gasteiger partial charge in [0.25, 0.3) is 5.91 Å². The number of benzene rings is 2. The van der Waals surface area contributed by atoms with E-state index in [1.807, 2.05) is 13.0 Å². The van der Waals surface area contributed by atoms with E-state index in [0.29, 0.717) is 17.0 Å². The molecule has 0 aliphatic carbocycles. The lowest BCUT2D eigenvalue weighted by Crippen LogP contribution is -2.21. The molecule has 0 atom stereocenters. The maximum atomic E-state index is 12.0. The Morgan fingerprint density at radius 2 is 1.93 bits per heavy atom. The third kappa shape index (κ3) is 5.97. The number of hydrogen-bond donors (Lipinski definition) is 1. The van der Waals surface area contributed by atoms with Crippen LogP contribution in [-0.2, 0) is 14.3 Å². The van der Waals surface area contributed by atoms with Crippen LogP contribution in [0.25, 0.3) is 6.08 Å². The summed E-state index contributed by atoms with van der Waals surface area (Å²) in [4.78, 5) is 24.0. The Kier molecular flexibility index (Phi) is 7.15. The highest BCUT2D eigenvalue weighted by Crippen LogP contribution is 2.20. The average Bonchev–Trinajstić information content (AvgIpc) is 2.67. The smallest absolute Gasteiger partial charge is 0.349 e. The molecule has 7 heteroatoms. The molecule has 2 aromatic rings. The second-order valence-electron chi connectivity index (χ2n) is 5.53. The molecule has 2 rings (SSSR count). The molecule has 1 N–H and O–H groups in total. The van der Waals surface area contributed by atoms with E-state index in [2.05, 4.69) is 21.2 Å². The Labute approximate surface area is 165 Å². The molecule has 0 heterocycles. The molecule has 6 nitrogen and oxygen atoms in total. The molecule has 0 fully saturated rings. The molecule has 0 saturated carbocycles. The third-order valence-corrected chi connectivity index (χ3v) is 4.43. The van der Waals surface area contributed by atoms with Crippen molar-refractivity contribution in [2.45, 2.75) is 6.92 Å². The maximum absolute atomic E-state index is 12.0. The number of nitrogens with one attached hydrogen (secondary N) is 1. The van der Waals surface area contributed by atoms with Gasteiger partial charge in [0.05, 0.1) is 7.11 Å². The molecule has 0 saturated heterocycles. The molecule has 0 radical (unpaired) electrons. The molecule has 138 valence electrons. The summed E-state index contributed by atoms with van der Waals surface area (Å²) in [6.45, 7) is 1.40. The van der Waals surface area contributed by atoms with Crippen LogP contribution in [0.1, 0.15) is 11.1 Å². The number of nitriles is 1. The lowest BCUT2D eigenvalue weighted by atomic mass is 10.1. The van der Waals surface area contributed by atoms with Gasteiger partial charge in [0.2, 0.25) is 0 Å². The van der Waals surface area contributed by atoms with Gasteiger partial charge in [-0.3, -0.25) is 4.79 Å². The predicted molar refractivity (Wildman–Crippen MR) is 105 cm³/mol. The minimum atomic E-state index is -0.865. The molecule has 0 spiro atoms. The average molecular weight is 429 g/mol. The number of hydrogen-bond acceptors (Lipinski definition) is 5. The Bertz CT molecular complexity index is 915. The minimum Gasteiger partial charge on any atom is -0.497 e. The van der Waals surface area contributed by atoms with E-state index in [9.17, 15) is 9.59 Å². The van der Waals surface area contributed by atoms with E-state index in [0.717, 1.165) is 10.0 Å². The minimum absolute atomic E-state index is 0.201. The van der Waals surface area contributed by atoms with Crippen LogP contribution < -0.4 is 10.1 Å². The molecular formula is C20H17BrN2O4. The van der Waals surface area contributed by atoms with Crippen molar-refractivity contribution < 1.29 is 19.1 Å². The van der Waals surface area contributed by atoms with Gasteiger partial charge in [-0.2, -0.15) is 5.26 Å². The number of nitrogens with zero attached hydrogens (tertiary/aromatic N) is 1. The largest absolute Gasteiger partial charge is 0.497 e. The number of carbonyl (C=O) groups excluding carboxylic acids is 2. The van der Waals surface area contributed by atoms with Gasteiger partial charge in [-0.25, -0.2) is 4.79 Å². The number of carbonyl (C=O) groups is 2. The van der Waals surface area contributed by atoms with Gasteiger partial charge in [-0.1, -0.05) is 28.1 Å². The van der Waals surface area contributed by atoms with Crippen LogP contribution in [0, 0.1) is 18.3 Å². The molecule has 27 heavy (non-hydrogen) atoms. The Morgan fingerprint density at radius 3 is 2.52 bits per heavy atom. The first-order valence-corrected chi connectivity index (χ1v) is 8.71. The summed E-state index contributed by atoms with van der Waals surface area (Å²) in [6, 6.07) is 13.9. The highest BCUT2D eigenvalue weighted by Gasteiger charge is 2.13. The van der Waals surface area contributed by atoms with E-state index >= 15 is 0 Å². The van der Waals surface area contributed by atoms with Gasteiger partial charge in [-0.05, 0) is 54.5 Å². The molecule has 0 aliphatic heterocycles. The molecule has 0 aromatic heterocycles. The van der Waals surface area contributed by atoms with E-state index in [-0.39, 0.29) is 5.57 Å².